The number of pyridine rings is 1. The minimum atomic E-state index is 0.178. The zero-order valence-corrected chi connectivity index (χ0v) is 18.0. The molecule has 1 fully saturated rings. The Labute approximate surface area is 166 Å². The molecule has 4 unspecified atom stereocenters. The zero-order chi connectivity index (χ0) is 20.0. The van der Waals surface area contributed by atoms with Gasteiger partial charge in [-0.2, -0.15) is 0 Å². The van der Waals surface area contributed by atoms with Crippen LogP contribution in [0.15, 0.2) is 36.2 Å². The van der Waals surface area contributed by atoms with Crippen molar-refractivity contribution in [3.05, 3.63) is 53.0 Å². The molecule has 1 aliphatic carbocycles. The highest BCUT2D eigenvalue weighted by Gasteiger charge is 2.38. The molecule has 2 rings (SSSR count). The summed E-state index contributed by atoms with van der Waals surface area (Å²) < 4.78 is 0. The van der Waals surface area contributed by atoms with Gasteiger partial charge in [-0.1, -0.05) is 40.2 Å². The molecule has 3 N–H and O–H groups in total. The molecule has 0 radical (unpaired) electrons. The Morgan fingerprint density at radius 3 is 2.74 bits per heavy atom. The van der Waals surface area contributed by atoms with Gasteiger partial charge in [-0.05, 0) is 85.7 Å². The van der Waals surface area contributed by atoms with Crippen LogP contribution in [0, 0.1) is 24.7 Å². The Morgan fingerprint density at radius 1 is 1.44 bits per heavy atom. The fourth-order valence-corrected chi connectivity index (χ4v) is 4.30. The number of nitrogens with two attached hydrogens (primary N) is 1. The van der Waals surface area contributed by atoms with Crippen molar-refractivity contribution >= 4 is 0 Å². The highest BCUT2D eigenvalue weighted by Crippen LogP contribution is 2.47. The average Bonchev–Trinajstić information content (AvgIpc) is 2.65. The minimum absolute atomic E-state index is 0.178. The van der Waals surface area contributed by atoms with Crippen molar-refractivity contribution in [3.63, 3.8) is 0 Å². The van der Waals surface area contributed by atoms with E-state index < -0.39 is 0 Å². The zero-order valence-electron chi connectivity index (χ0n) is 18.0. The second-order valence-electron chi connectivity index (χ2n) is 8.29. The predicted octanol–water partition coefficient (Wildman–Crippen LogP) is 5.46. The molecule has 0 saturated heterocycles. The van der Waals surface area contributed by atoms with Crippen molar-refractivity contribution in [3.8, 4) is 0 Å². The second kappa shape index (κ2) is 10.1. The largest absolute Gasteiger partial charge is 0.383 e. The third kappa shape index (κ3) is 5.22. The fourth-order valence-electron chi connectivity index (χ4n) is 4.30. The van der Waals surface area contributed by atoms with Crippen LogP contribution in [0.25, 0.3) is 0 Å². The van der Waals surface area contributed by atoms with Crippen molar-refractivity contribution in [2.75, 3.05) is 6.54 Å². The summed E-state index contributed by atoms with van der Waals surface area (Å²) in [5, 5.41) is 3.59. The predicted molar refractivity (Wildman–Crippen MR) is 116 cm³/mol. The summed E-state index contributed by atoms with van der Waals surface area (Å²) in [6.45, 7) is 16.2. The van der Waals surface area contributed by atoms with E-state index in [1.807, 2.05) is 6.20 Å². The number of allylic oxidation sites excluding steroid dienone is 1. The summed E-state index contributed by atoms with van der Waals surface area (Å²) in [4.78, 5) is 4.70. The molecule has 3 heteroatoms. The summed E-state index contributed by atoms with van der Waals surface area (Å²) in [5.41, 5.74) is 12.1. The van der Waals surface area contributed by atoms with Gasteiger partial charge in [0.15, 0.2) is 0 Å². The van der Waals surface area contributed by atoms with Crippen LogP contribution in [-0.2, 0) is 6.42 Å². The molecule has 0 spiro atoms. The molecule has 0 amide bonds. The maximum absolute atomic E-state index is 5.80. The highest BCUT2D eigenvalue weighted by molar-refractivity contribution is 5.33. The lowest BCUT2D eigenvalue weighted by Gasteiger charge is -2.44. The first-order chi connectivity index (χ1) is 12.9. The third-order valence-corrected chi connectivity index (χ3v) is 6.41. The normalized spacial score (nSPS) is 23.6. The van der Waals surface area contributed by atoms with Gasteiger partial charge >= 0.3 is 0 Å². The number of aromatic nitrogens is 1. The van der Waals surface area contributed by atoms with Crippen molar-refractivity contribution in [1.82, 2.24) is 10.3 Å². The minimum Gasteiger partial charge on any atom is -0.383 e. The first-order valence-electron chi connectivity index (χ1n) is 10.7. The fraction of sp³-hybridized carbons (Fsp3) is 0.625. The van der Waals surface area contributed by atoms with E-state index in [9.17, 15) is 0 Å². The Kier molecular flexibility index (Phi) is 8.09. The molecule has 1 aliphatic rings. The molecule has 1 heterocycles. The molecule has 1 aromatic heterocycles. The first kappa shape index (κ1) is 21.7. The topological polar surface area (TPSA) is 50.9 Å². The Morgan fingerprint density at radius 2 is 2.19 bits per heavy atom. The molecular formula is C24H39N3. The molecule has 1 saturated carbocycles. The van der Waals surface area contributed by atoms with E-state index in [2.05, 4.69) is 58.8 Å². The van der Waals surface area contributed by atoms with Crippen molar-refractivity contribution in [1.29, 1.82) is 0 Å². The lowest BCUT2D eigenvalue weighted by atomic mass is 9.61. The van der Waals surface area contributed by atoms with E-state index in [0.29, 0.717) is 12.5 Å². The van der Waals surface area contributed by atoms with Crippen molar-refractivity contribution < 1.29 is 0 Å². The molecule has 0 aromatic carbocycles. The number of hydrogen-bond donors (Lipinski definition) is 2. The standard InChI is InChI=1S/C24H39N3/c1-7-9-21-14-27-24(12-17(21)4)19(6)26-15-23(16(3)10-11-25)22-13-20(8-2)18(22)5/h12,14-15,18-20,22,26H,3,7-11,13,25H2,1-2,4-6H3/b23-15-. The van der Waals surface area contributed by atoms with Crippen LogP contribution in [0.1, 0.15) is 76.2 Å². The molecule has 4 atom stereocenters. The smallest absolute Gasteiger partial charge is 0.0651 e. The van der Waals surface area contributed by atoms with Crippen LogP contribution >= 0.6 is 0 Å². The van der Waals surface area contributed by atoms with Gasteiger partial charge in [-0.25, -0.2) is 0 Å². The number of rotatable bonds is 10. The van der Waals surface area contributed by atoms with E-state index >= 15 is 0 Å². The van der Waals surface area contributed by atoms with E-state index in [-0.39, 0.29) is 6.04 Å². The van der Waals surface area contributed by atoms with Crippen LogP contribution < -0.4 is 11.1 Å². The van der Waals surface area contributed by atoms with Gasteiger partial charge in [0, 0.05) is 12.4 Å². The maximum atomic E-state index is 5.80. The van der Waals surface area contributed by atoms with Gasteiger partial charge in [0.2, 0.25) is 0 Å². The van der Waals surface area contributed by atoms with E-state index in [4.69, 9.17) is 10.7 Å². The Balaban J connectivity index is 2.12. The van der Waals surface area contributed by atoms with Crippen LogP contribution in [-0.4, -0.2) is 11.5 Å². The van der Waals surface area contributed by atoms with Crippen LogP contribution in [0.3, 0.4) is 0 Å². The second-order valence-corrected chi connectivity index (χ2v) is 8.29. The van der Waals surface area contributed by atoms with E-state index in [0.717, 1.165) is 36.8 Å². The lowest BCUT2D eigenvalue weighted by molar-refractivity contribution is 0.114. The summed E-state index contributed by atoms with van der Waals surface area (Å²) in [7, 11) is 0. The Bertz CT molecular complexity index is 662. The third-order valence-electron chi connectivity index (χ3n) is 6.41. The quantitative estimate of drug-likeness (QED) is 0.538. The van der Waals surface area contributed by atoms with Crippen molar-refractivity contribution in [2.24, 2.45) is 23.5 Å². The van der Waals surface area contributed by atoms with Crippen molar-refractivity contribution in [2.45, 2.75) is 72.8 Å². The first-order valence-corrected chi connectivity index (χ1v) is 10.7. The van der Waals surface area contributed by atoms with Gasteiger partial charge in [-0.3, -0.25) is 4.98 Å². The van der Waals surface area contributed by atoms with Gasteiger partial charge in [0.25, 0.3) is 0 Å². The molecule has 3 nitrogen and oxygen atoms in total. The number of nitrogens with one attached hydrogen (secondary N) is 1. The molecular weight excluding hydrogens is 330 g/mol. The Hall–Kier alpha value is -1.61. The molecule has 27 heavy (non-hydrogen) atoms. The van der Waals surface area contributed by atoms with E-state index in [1.54, 1.807) is 0 Å². The molecule has 150 valence electrons. The van der Waals surface area contributed by atoms with Gasteiger partial charge in [0.05, 0.1) is 11.7 Å². The SMILES string of the molecule is C=C(CCN)/C(=C/NC(C)c1cc(C)c(CCC)cn1)C1CC(CC)C1C. The molecule has 1 aromatic rings. The van der Waals surface area contributed by atoms with Crippen LogP contribution in [0.5, 0.6) is 0 Å². The van der Waals surface area contributed by atoms with E-state index in [1.165, 1.54) is 35.1 Å². The maximum Gasteiger partial charge on any atom is 0.0651 e. The van der Waals surface area contributed by atoms with Gasteiger partial charge < -0.3 is 11.1 Å². The number of hydrogen-bond acceptors (Lipinski definition) is 3. The summed E-state index contributed by atoms with van der Waals surface area (Å²) >= 11 is 0. The molecule has 0 aliphatic heterocycles. The monoisotopic (exact) mass is 369 g/mol. The van der Waals surface area contributed by atoms with Gasteiger partial charge in [0.1, 0.15) is 0 Å². The summed E-state index contributed by atoms with van der Waals surface area (Å²) in [5.74, 6) is 2.17. The van der Waals surface area contributed by atoms with Crippen LogP contribution in [0.4, 0.5) is 0 Å². The number of nitrogens with zero attached hydrogens (tertiary/aromatic N) is 1. The average molecular weight is 370 g/mol. The number of aryl methyl sites for hydroxylation is 2. The summed E-state index contributed by atoms with van der Waals surface area (Å²) in [6, 6.07) is 2.40. The van der Waals surface area contributed by atoms with Crippen LogP contribution in [0.2, 0.25) is 0 Å². The summed E-state index contributed by atoms with van der Waals surface area (Å²) in [6.07, 6.45) is 9.91. The highest BCUT2D eigenvalue weighted by atomic mass is 14.9. The van der Waals surface area contributed by atoms with Gasteiger partial charge in [-0.15, -0.1) is 0 Å². The molecule has 0 bridgehead atoms. The lowest BCUT2D eigenvalue weighted by Crippen LogP contribution is -2.36.